The molecule has 204 valence electrons. The molecule has 0 spiro atoms. The molecule has 0 atom stereocenters. The van der Waals surface area contributed by atoms with Gasteiger partial charge >= 0.3 is 5.97 Å². The van der Waals surface area contributed by atoms with Crippen molar-refractivity contribution in [2.45, 2.75) is 51.2 Å². The highest BCUT2D eigenvalue weighted by atomic mass is 32.1. The van der Waals surface area contributed by atoms with E-state index in [1.807, 2.05) is 37.3 Å². The number of aliphatic hydroxyl groups excluding tert-OH is 1. The minimum atomic E-state index is -0.845. The number of aryl methyl sites for hydroxylation is 1. The lowest BCUT2D eigenvalue weighted by Gasteiger charge is -2.45. The van der Waals surface area contributed by atoms with Gasteiger partial charge in [0, 0.05) is 27.7 Å². The summed E-state index contributed by atoms with van der Waals surface area (Å²) >= 11 is 1.73. The smallest absolute Gasteiger partial charge is 0.304 e. The Morgan fingerprint density at radius 1 is 0.974 bits per heavy atom. The Morgan fingerprint density at radius 3 is 2.44 bits per heavy atom. The van der Waals surface area contributed by atoms with Gasteiger partial charge in [-0.15, -0.1) is 11.3 Å². The van der Waals surface area contributed by atoms with Crippen LogP contribution in [0.4, 0.5) is 0 Å². The fourth-order valence-electron chi connectivity index (χ4n) is 5.45. The summed E-state index contributed by atoms with van der Waals surface area (Å²) in [6.45, 7) is 6.31. The summed E-state index contributed by atoms with van der Waals surface area (Å²) in [4.78, 5) is 11.4. The third-order valence-corrected chi connectivity index (χ3v) is 8.40. The molecule has 0 saturated heterocycles. The Morgan fingerprint density at radius 2 is 1.74 bits per heavy atom. The van der Waals surface area contributed by atoms with Gasteiger partial charge in [0.1, 0.15) is 24.7 Å². The van der Waals surface area contributed by atoms with Crippen molar-refractivity contribution in [3.05, 3.63) is 82.7 Å². The van der Waals surface area contributed by atoms with E-state index in [4.69, 9.17) is 14.2 Å². The fourth-order valence-corrected chi connectivity index (χ4v) is 6.39. The van der Waals surface area contributed by atoms with E-state index in [1.165, 1.54) is 21.2 Å². The Balaban J connectivity index is 1.27. The molecule has 0 aliphatic heterocycles. The maximum atomic E-state index is 11.4. The lowest BCUT2D eigenvalue weighted by molar-refractivity contribution is -0.140. The molecule has 39 heavy (non-hydrogen) atoms. The maximum Gasteiger partial charge on any atom is 0.304 e. The summed E-state index contributed by atoms with van der Waals surface area (Å²) in [7, 11) is 0. The number of hydrogen-bond acceptors (Lipinski definition) is 6. The highest BCUT2D eigenvalue weighted by molar-refractivity contribution is 7.17. The van der Waals surface area contributed by atoms with Gasteiger partial charge in [0.05, 0.1) is 19.1 Å². The van der Waals surface area contributed by atoms with Gasteiger partial charge in [0.25, 0.3) is 0 Å². The van der Waals surface area contributed by atoms with Crippen molar-refractivity contribution in [2.24, 2.45) is 0 Å². The predicted molar refractivity (Wildman–Crippen MR) is 154 cm³/mol. The van der Waals surface area contributed by atoms with Gasteiger partial charge in [0.2, 0.25) is 0 Å². The Labute approximate surface area is 232 Å². The molecule has 6 nitrogen and oxygen atoms in total. The van der Waals surface area contributed by atoms with E-state index >= 15 is 0 Å². The van der Waals surface area contributed by atoms with E-state index in [2.05, 4.69) is 42.6 Å². The Bertz CT molecular complexity index is 1440. The number of hydrogen-bond donors (Lipinski definition) is 2. The highest BCUT2D eigenvalue weighted by Gasteiger charge is 2.46. The predicted octanol–water partition coefficient (Wildman–Crippen LogP) is 6.74. The summed E-state index contributed by atoms with van der Waals surface area (Å²) in [6, 6.07) is 20.3. The molecular weight excluding hydrogens is 512 g/mol. The molecule has 1 saturated carbocycles. The van der Waals surface area contributed by atoms with Crippen molar-refractivity contribution in [3.63, 3.8) is 0 Å². The van der Waals surface area contributed by atoms with Crippen molar-refractivity contribution < 1.29 is 29.2 Å². The van der Waals surface area contributed by atoms with Crippen LogP contribution in [0.1, 0.15) is 42.9 Å². The molecule has 0 unspecified atom stereocenters. The quantitative estimate of drug-likeness (QED) is 0.192. The second kappa shape index (κ2) is 11.8. The first-order chi connectivity index (χ1) is 18.9. The van der Waals surface area contributed by atoms with E-state index in [1.54, 1.807) is 11.3 Å². The Hall–Kier alpha value is -3.39. The van der Waals surface area contributed by atoms with Crippen molar-refractivity contribution in [1.29, 1.82) is 0 Å². The number of rotatable bonds is 12. The number of ether oxygens (including phenoxy) is 3. The van der Waals surface area contributed by atoms with Gasteiger partial charge < -0.3 is 24.4 Å². The van der Waals surface area contributed by atoms with Gasteiger partial charge in [-0.2, -0.15) is 0 Å². The van der Waals surface area contributed by atoms with E-state index in [0.717, 1.165) is 28.2 Å². The number of aliphatic carboxylic acids is 1. The molecule has 5 rings (SSSR count). The van der Waals surface area contributed by atoms with Crippen LogP contribution in [0, 0.1) is 6.92 Å². The summed E-state index contributed by atoms with van der Waals surface area (Å²) in [5.74, 6) is 0.728. The van der Waals surface area contributed by atoms with Crippen molar-refractivity contribution >= 4 is 27.4 Å². The molecular formula is C32H34O6S. The number of aliphatic hydroxyl groups is 1. The lowest BCUT2D eigenvalue weighted by atomic mass is 9.61. The number of benzene rings is 3. The molecule has 3 aromatic carbocycles. The van der Waals surface area contributed by atoms with Crippen molar-refractivity contribution in [2.75, 3.05) is 19.8 Å². The first kappa shape index (κ1) is 27.2. The van der Waals surface area contributed by atoms with Crippen LogP contribution in [0.5, 0.6) is 11.5 Å². The zero-order valence-electron chi connectivity index (χ0n) is 22.3. The van der Waals surface area contributed by atoms with Crippen molar-refractivity contribution in [1.82, 2.24) is 0 Å². The monoisotopic (exact) mass is 546 g/mol. The normalized spacial score (nSPS) is 18.6. The SMILES string of the molecule is CCOCCOc1ccc(-c2csc3ccc(COc4ccc([C@]5(CC(=O)O)C[C@H](O)C5)cc4)cc23)c(C)c1. The molecule has 0 radical (unpaired) electrons. The summed E-state index contributed by atoms with van der Waals surface area (Å²) in [5.41, 5.74) is 5.06. The van der Waals surface area contributed by atoms with Crippen LogP contribution in [0.25, 0.3) is 21.2 Å². The standard InChI is InChI=1S/C32H34O6S/c1-3-36-12-13-37-26-9-10-27(21(2)14-26)29-20-39-30-11-4-22(15-28(29)30)19-38-25-7-5-23(6-8-25)32(18-31(34)35)16-24(33)17-32/h4-11,14-15,20,24,33H,3,12-13,16-19H2,1-2H3,(H,34,35)/t24-,32+. The lowest BCUT2D eigenvalue weighted by Crippen LogP contribution is -2.46. The zero-order chi connectivity index (χ0) is 27.4. The second-order valence-corrected chi connectivity index (χ2v) is 11.1. The van der Waals surface area contributed by atoms with Gasteiger partial charge in [-0.1, -0.05) is 24.3 Å². The average Bonchev–Trinajstić information content (AvgIpc) is 3.32. The van der Waals surface area contributed by atoms with Gasteiger partial charge in [-0.05, 0) is 90.7 Å². The minimum Gasteiger partial charge on any atom is -0.491 e. The molecule has 1 aliphatic carbocycles. The number of carboxylic acid groups (broad SMARTS) is 1. The molecule has 1 aliphatic rings. The molecule has 0 bridgehead atoms. The largest absolute Gasteiger partial charge is 0.491 e. The summed E-state index contributed by atoms with van der Waals surface area (Å²) < 4.78 is 18.5. The highest BCUT2D eigenvalue weighted by Crippen LogP contribution is 2.47. The van der Waals surface area contributed by atoms with Crippen LogP contribution in [-0.2, 0) is 21.6 Å². The van der Waals surface area contributed by atoms with Gasteiger partial charge in [-0.25, -0.2) is 0 Å². The molecule has 2 N–H and O–H groups in total. The number of fused-ring (bicyclic) bond motifs is 1. The van der Waals surface area contributed by atoms with E-state index in [9.17, 15) is 15.0 Å². The molecule has 0 amide bonds. The van der Waals surface area contributed by atoms with Crippen LogP contribution in [-0.4, -0.2) is 42.1 Å². The van der Waals surface area contributed by atoms with Gasteiger partial charge in [0.15, 0.2) is 0 Å². The first-order valence-corrected chi connectivity index (χ1v) is 14.2. The second-order valence-electron chi connectivity index (χ2n) is 10.2. The van der Waals surface area contributed by atoms with Gasteiger partial charge in [-0.3, -0.25) is 4.79 Å². The number of carbonyl (C=O) groups is 1. The number of thiophene rings is 1. The molecule has 7 heteroatoms. The molecule has 1 aromatic heterocycles. The minimum absolute atomic E-state index is 0.0242. The average molecular weight is 547 g/mol. The first-order valence-electron chi connectivity index (χ1n) is 13.3. The molecule has 1 fully saturated rings. The van der Waals surface area contributed by atoms with Crippen LogP contribution in [0.3, 0.4) is 0 Å². The fraction of sp³-hybridized carbons (Fsp3) is 0.344. The topological polar surface area (TPSA) is 85.2 Å². The van der Waals surface area contributed by atoms with E-state index < -0.39 is 17.5 Å². The molecule has 4 aromatic rings. The van der Waals surface area contributed by atoms with Crippen LogP contribution >= 0.6 is 11.3 Å². The zero-order valence-corrected chi connectivity index (χ0v) is 23.1. The van der Waals surface area contributed by atoms with Crippen LogP contribution in [0.2, 0.25) is 0 Å². The summed E-state index contributed by atoms with van der Waals surface area (Å²) in [6.07, 6.45) is 0.547. The molecule has 1 heterocycles. The van der Waals surface area contributed by atoms with E-state index in [0.29, 0.717) is 39.3 Å². The summed E-state index contributed by atoms with van der Waals surface area (Å²) in [5, 5.41) is 22.6. The van der Waals surface area contributed by atoms with Crippen LogP contribution in [0.15, 0.2) is 66.0 Å². The van der Waals surface area contributed by atoms with Crippen LogP contribution < -0.4 is 9.47 Å². The van der Waals surface area contributed by atoms with E-state index in [-0.39, 0.29) is 6.42 Å². The number of carboxylic acids is 1. The Kier molecular flexibility index (Phi) is 8.21. The third-order valence-electron chi connectivity index (χ3n) is 7.44. The van der Waals surface area contributed by atoms with Crippen molar-refractivity contribution in [3.8, 4) is 22.6 Å². The third kappa shape index (κ3) is 6.11. The maximum absolute atomic E-state index is 11.4.